The quantitative estimate of drug-likeness (QED) is 0.814. The van der Waals surface area contributed by atoms with Crippen LogP contribution in [0.2, 0.25) is 5.02 Å². The highest BCUT2D eigenvalue weighted by Crippen LogP contribution is 2.61. The number of ether oxygens (including phenoxy) is 1. The highest BCUT2D eigenvalue weighted by Gasteiger charge is 2.52. The lowest BCUT2D eigenvalue weighted by molar-refractivity contribution is -0.0706. The topological polar surface area (TPSA) is 21.3 Å². The lowest BCUT2D eigenvalue weighted by Crippen LogP contribution is -2.54. The maximum atomic E-state index is 6.16. The van der Waals surface area contributed by atoms with Crippen LogP contribution in [0.25, 0.3) is 0 Å². The van der Waals surface area contributed by atoms with Gasteiger partial charge in [-0.15, -0.1) is 0 Å². The van der Waals surface area contributed by atoms with E-state index < -0.39 is 0 Å². The minimum Gasteiger partial charge on any atom is -0.496 e. The van der Waals surface area contributed by atoms with E-state index in [9.17, 15) is 0 Å². The lowest BCUT2D eigenvalue weighted by Gasteiger charge is -2.59. The molecule has 4 saturated carbocycles. The fourth-order valence-electron chi connectivity index (χ4n) is 6.07. The molecule has 4 bridgehead atoms. The van der Waals surface area contributed by atoms with Crippen LogP contribution in [-0.2, 0) is 6.54 Å². The fraction of sp³-hybridized carbons (Fsp3) is 0.700. The third-order valence-electron chi connectivity index (χ3n) is 6.85. The van der Waals surface area contributed by atoms with Gasteiger partial charge in [-0.25, -0.2) is 0 Å². The van der Waals surface area contributed by atoms with E-state index in [4.69, 9.17) is 16.3 Å². The normalized spacial score (nSPS) is 36.2. The second-order valence-electron chi connectivity index (χ2n) is 8.34. The fourth-order valence-corrected chi connectivity index (χ4v) is 6.27. The molecule has 1 aromatic rings. The predicted octanol–water partition coefficient (Wildman–Crippen LogP) is 5.04. The van der Waals surface area contributed by atoms with Crippen molar-refractivity contribution in [1.82, 2.24) is 5.32 Å². The smallest absolute Gasteiger partial charge is 0.123 e. The summed E-state index contributed by atoms with van der Waals surface area (Å²) in [6.07, 6.45) is 8.86. The molecule has 4 aliphatic carbocycles. The Morgan fingerprint density at radius 1 is 1.17 bits per heavy atom. The van der Waals surface area contributed by atoms with E-state index in [0.29, 0.717) is 11.5 Å². The first-order valence-corrected chi connectivity index (χ1v) is 9.51. The Bertz CT molecular complexity index is 550. The Morgan fingerprint density at radius 2 is 1.78 bits per heavy atom. The van der Waals surface area contributed by atoms with Crippen LogP contribution in [0.3, 0.4) is 0 Å². The van der Waals surface area contributed by atoms with Crippen molar-refractivity contribution in [1.29, 1.82) is 0 Å². The SMILES string of the molecule is COc1ccc(Cl)cc1CNC(C)C12CC3CC(CC(C3)C1)C2. The average Bonchev–Trinajstić information content (AvgIpc) is 2.51. The maximum Gasteiger partial charge on any atom is 0.123 e. The highest BCUT2D eigenvalue weighted by atomic mass is 35.5. The molecule has 4 fully saturated rings. The van der Waals surface area contributed by atoms with Crippen molar-refractivity contribution in [3.05, 3.63) is 28.8 Å². The summed E-state index contributed by atoms with van der Waals surface area (Å²) in [6, 6.07) is 6.46. The van der Waals surface area contributed by atoms with Gasteiger partial charge in [0, 0.05) is 23.2 Å². The Balaban J connectivity index is 1.46. The number of rotatable bonds is 5. The van der Waals surface area contributed by atoms with Gasteiger partial charge in [-0.05, 0) is 86.8 Å². The summed E-state index contributed by atoms with van der Waals surface area (Å²) in [4.78, 5) is 0. The third-order valence-corrected chi connectivity index (χ3v) is 7.08. The number of hydrogen-bond acceptors (Lipinski definition) is 2. The van der Waals surface area contributed by atoms with Crippen LogP contribution in [0.15, 0.2) is 18.2 Å². The van der Waals surface area contributed by atoms with Gasteiger partial charge >= 0.3 is 0 Å². The standard InChI is InChI=1S/C20H28ClNO/c1-13(22-12-17-8-18(21)3-4-19(17)23-2)20-9-14-5-15(10-20)7-16(6-14)11-20/h3-4,8,13-16,22H,5-7,9-12H2,1-2H3. The van der Waals surface area contributed by atoms with Gasteiger partial charge in [0.1, 0.15) is 5.75 Å². The molecule has 4 aliphatic rings. The van der Waals surface area contributed by atoms with E-state index in [1.54, 1.807) is 7.11 Å². The minimum atomic E-state index is 0.542. The summed E-state index contributed by atoms with van der Waals surface area (Å²) in [5.74, 6) is 3.95. The van der Waals surface area contributed by atoms with E-state index in [0.717, 1.165) is 40.6 Å². The summed E-state index contributed by atoms with van der Waals surface area (Å²) in [5, 5.41) is 4.60. The molecule has 1 N–H and O–H groups in total. The van der Waals surface area contributed by atoms with Gasteiger partial charge in [0.05, 0.1) is 7.11 Å². The van der Waals surface area contributed by atoms with Crippen molar-refractivity contribution in [3.63, 3.8) is 0 Å². The lowest BCUT2D eigenvalue weighted by atomic mass is 9.48. The van der Waals surface area contributed by atoms with Gasteiger partial charge in [-0.2, -0.15) is 0 Å². The van der Waals surface area contributed by atoms with Crippen LogP contribution >= 0.6 is 11.6 Å². The Hall–Kier alpha value is -0.730. The molecule has 0 aliphatic heterocycles. The second kappa shape index (κ2) is 5.97. The maximum absolute atomic E-state index is 6.16. The molecule has 126 valence electrons. The first-order valence-electron chi connectivity index (χ1n) is 9.14. The molecule has 23 heavy (non-hydrogen) atoms. The molecular formula is C20H28ClNO. The zero-order valence-electron chi connectivity index (χ0n) is 14.3. The van der Waals surface area contributed by atoms with Crippen LogP contribution in [0.5, 0.6) is 5.75 Å². The molecule has 0 radical (unpaired) electrons. The molecule has 0 heterocycles. The van der Waals surface area contributed by atoms with Crippen molar-refractivity contribution in [2.75, 3.05) is 7.11 Å². The van der Waals surface area contributed by atoms with Gasteiger partial charge in [0.25, 0.3) is 0 Å². The molecule has 0 saturated heterocycles. The van der Waals surface area contributed by atoms with Gasteiger partial charge in [-0.1, -0.05) is 11.6 Å². The van der Waals surface area contributed by atoms with Gasteiger partial charge in [0.2, 0.25) is 0 Å². The van der Waals surface area contributed by atoms with Gasteiger partial charge in [-0.3, -0.25) is 0 Å². The Kier molecular flexibility index (Phi) is 4.09. The molecule has 0 aromatic heterocycles. The van der Waals surface area contributed by atoms with E-state index in [1.165, 1.54) is 38.5 Å². The summed E-state index contributed by atoms with van der Waals surface area (Å²) < 4.78 is 5.48. The monoisotopic (exact) mass is 333 g/mol. The molecule has 1 unspecified atom stereocenters. The molecule has 2 nitrogen and oxygen atoms in total. The van der Waals surface area contributed by atoms with Gasteiger partial charge < -0.3 is 10.1 Å². The van der Waals surface area contributed by atoms with E-state index in [1.807, 2.05) is 18.2 Å². The number of hydrogen-bond donors (Lipinski definition) is 1. The Labute approximate surface area is 144 Å². The number of benzene rings is 1. The molecule has 0 spiro atoms. The van der Waals surface area contributed by atoms with E-state index >= 15 is 0 Å². The average molecular weight is 334 g/mol. The molecule has 1 aromatic carbocycles. The third kappa shape index (κ3) is 2.89. The number of methoxy groups -OCH3 is 1. The molecule has 0 amide bonds. The zero-order chi connectivity index (χ0) is 16.0. The van der Waals surface area contributed by atoms with E-state index in [2.05, 4.69) is 12.2 Å². The summed E-state index contributed by atoms with van der Waals surface area (Å²) in [7, 11) is 1.73. The second-order valence-corrected chi connectivity index (χ2v) is 8.78. The van der Waals surface area contributed by atoms with Crippen molar-refractivity contribution in [2.45, 2.75) is 58.0 Å². The van der Waals surface area contributed by atoms with Crippen LogP contribution in [0, 0.1) is 23.2 Å². The summed E-state index contributed by atoms with van der Waals surface area (Å²) in [6.45, 7) is 3.25. The summed E-state index contributed by atoms with van der Waals surface area (Å²) in [5.41, 5.74) is 1.71. The molecule has 1 atom stereocenters. The van der Waals surface area contributed by atoms with Crippen molar-refractivity contribution in [3.8, 4) is 5.75 Å². The van der Waals surface area contributed by atoms with Crippen molar-refractivity contribution >= 4 is 11.6 Å². The number of halogens is 1. The molecular weight excluding hydrogens is 306 g/mol. The minimum absolute atomic E-state index is 0.542. The first kappa shape index (κ1) is 15.8. The molecule has 3 heteroatoms. The number of nitrogens with one attached hydrogen (secondary N) is 1. The van der Waals surface area contributed by atoms with E-state index in [-0.39, 0.29) is 0 Å². The highest BCUT2D eigenvalue weighted by molar-refractivity contribution is 6.30. The van der Waals surface area contributed by atoms with Crippen LogP contribution in [0.1, 0.15) is 51.0 Å². The first-order chi connectivity index (χ1) is 11.1. The summed E-state index contributed by atoms with van der Waals surface area (Å²) >= 11 is 6.16. The largest absolute Gasteiger partial charge is 0.496 e. The van der Waals surface area contributed by atoms with Gasteiger partial charge in [0.15, 0.2) is 0 Å². The molecule has 5 rings (SSSR count). The van der Waals surface area contributed by atoms with Crippen molar-refractivity contribution < 1.29 is 4.74 Å². The van der Waals surface area contributed by atoms with Crippen LogP contribution in [0.4, 0.5) is 0 Å². The van der Waals surface area contributed by atoms with Crippen LogP contribution < -0.4 is 10.1 Å². The zero-order valence-corrected chi connectivity index (χ0v) is 15.0. The van der Waals surface area contributed by atoms with Crippen molar-refractivity contribution in [2.24, 2.45) is 23.2 Å². The predicted molar refractivity (Wildman–Crippen MR) is 94.9 cm³/mol. The Morgan fingerprint density at radius 3 is 2.35 bits per heavy atom. The van der Waals surface area contributed by atoms with Crippen LogP contribution in [-0.4, -0.2) is 13.2 Å².